The van der Waals surface area contributed by atoms with Gasteiger partial charge in [-0.2, -0.15) is 0 Å². The number of rotatable bonds is 10. The number of ether oxygens (including phenoxy) is 2. The van der Waals surface area contributed by atoms with Gasteiger partial charge in [0, 0.05) is 19.7 Å². The molecule has 96 valence electrons. The van der Waals surface area contributed by atoms with Crippen molar-refractivity contribution in [2.24, 2.45) is 5.73 Å². The minimum atomic E-state index is -0.109. The molecule has 0 aromatic heterocycles. The molecule has 0 saturated carbocycles. The largest absolute Gasteiger partial charge is 0.382 e. The van der Waals surface area contributed by atoms with Crippen LogP contribution in [0.25, 0.3) is 0 Å². The van der Waals surface area contributed by atoms with Crippen LogP contribution in [0.15, 0.2) is 0 Å². The van der Waals surface area contributed by atoms with Gasteiger partial charge < -0.3 is 20.5 Å². The van der Waals surface area contributed by atoms with E-state index in [1.807, 2.05) is 0 Å². The standard InChI is InChI=1S/C11H24N2O3/c1-3-4-5-10(8-12)13-11(14)9-16-7-6-15-2/h10H,3-9,12H2,1-2H3,(H,13,14). The number of hydrogen-bond donors (Lipinski definition) is 2. The number of nitrogens with one attached hydrogen (secondary N) is 1. The van der Waals surface area contributed by atoms with E-state index in [2.05, 4.69) is 12.2 Å². The molecule has 0 fully saturated rings. The van der Waals surface area contributed by atoms with E-state index in [1.165, 1.54) is 0 Å². The molecule has 0 heterocycles. The van der Waals surface area contributed by atoms with Crippen LogP contribution >= 0.6 is 0 Å². The number of amides is 1. The molecule has 0 aliphatic heterocycles. The van der Waals surface area contributed by atoms with E-state index in [0.717, 1.165) is 19.3 Å². The fourth-order valence-electron chi connectivity index (χ4n) is 1.28. The molecule has 0 saturated heterocycles. The van der Waals surface area contributed by atoms with Gasteiger partial charge in [0.25, 0.3) is 0 Å². The van der Waals surface area contributed by atoms with Crippen LogP contribution in [0.5, 0.6) is 0 Å². The zero-order chi connectivity index (χ0) is 12.2. The number of hydrogen-bond acceptors (Lipinski definition) is 4. The molecule has 1 unspecified atom stereocenters. The van der Waals surface area contributed by atoms with Crippen molar-refractivity contribution in [1.29, 1.82) is 0 Å². The van der Waals surface area contributed by atoms with E-state index >= 15 is 0 Å². The molecule has 0 radical (unpaired) electrons. The molecule has 0 bridgehead atoms. The van der Waals surface area contributed by atoms with Crippen LogP contribution in [-0.2, 0) is 14.3 Å². The molecule has 0 aliphatic carbocycles. The highest BCUT2D eigenvalue weighted by atomic mass is 16.5. The van der Waals surface area contributed by atoms with Gasteiger partial charge in [0.05, 0.1) is 13.2 Å². The summed E-state index contributed by atoms with van der Waals surface area (Å²) in [5.41, 5.74) is 5.56. The number of nitrogens with two attached hydrogens (primary N) is 1. The Morgan fingerprint density at radius 1 is 1.44 bits per heavy atom. The third kappa shape index (κ3) is 8.64. The number of unbranched alkanes of at least 4 members (excludes halogenated alkanes) is 1. The minimum Gasteiger partial charge on any atom is -0.382 e. The summed E-state index contributed by atoms with van der Waals surface area (Å²) in [5, 5.41) is 2.85. The first kappa shape index (κ1) is 15.3. The third-order valence-corrected chi connectivity index (χ3v) is 2.22. The Balaban J connectivity index is 3.57. The van der Waals surface area contributed by atoms with Crippen LogP contribution in [0.3, 0.4) is 0 Å². The number of carbonyl (C=O) groups excluding carboxylic acids is 1. The lowest BCUT2D eigenvalue weighted by Crippen LogP contribution is -2.42. The first-order valence-electron chi connectivity index (χ1n) is 5.80. The monoisotopic (exact) mass is 232 g/mol. The van der Waals surface area contributed by atoms with Crippen molar-refractivity contribution >= 4 is 5.91 Å². The summed E-state index contributed by atoms with van der Waals surface area (Å²) in [6.07, 6.45) is 3.11. The Bertz CT molecular complexity index is 177. The second-order valence-corrected chi connectivity index (χ2v) is 3.69. The first-order valence-corrected chi connectivity index (χ1v) is 5.80. The zero-order valence-corrected chi connectivity index (χ0v) is 10.3. The van der Waals surface area contributed by atoms with Crippen LogP contribution < -0.4 is 11.1 Å². The van der Waals surface area contributed by atoms with Gasteiger partial charge >= 0.3 is 0 Å². The van der Waals surface area contributed by atoms with E-state index < -0.39 is 0 Å². The Morgan fingerprint density at radius 2 is 2.19 bits per heavy atom. The predicted molar refractivity (Wildman–Crippen MR) is 63.2 cm³/mol. The number of methoxy groups -OCH3 is 1. The molecule has 0 aromatic carbocycles. The molecule has 0 aliphatic rings. The van der Waals surface area contributed by atoms with E-state index in [-0.39, 0.29) is 18.6 Å². The van der Waals surface area contributed by atoms with Gasteiger partial charge in [-0.05, 0) is 6.42 Å². The Morgan fingerprint density at radius 3 is 2.75 bits per heavy atom. The van der Waals surface area contributed by atoms with Crippen molar-refractivity contribution in [2.75, 3.05) is 33.5 Å². The molecule has 5 heteroatoms. The SMILES string of the molecule is CCCCC(CN)NC(=O)COCCOC. The average molecular weight is 232 g/mol. The van der Waals surface area contributed by atoms with E-state index in [4.69, 9.17) is 15.2 Å². The minimum absolute atomic E-state index is 0.0680. The molecular weight excluding hydrogens is 208 g/mol. The summed E-state index contributed by atoms with van der Waals surface area (Å²) in [6, 6.07) is 0.0680. The van der Waals surface area contributed by atoms with Crippen molar-refractivity contribution in [3.63, 3.8) is 0 Å². The molecular formula is C11H24N2O3. The van der Waals surface area contributed by atoms with E-state index in [9.17, 15) is 4.79 Å². The van der Waals surface area contributed by atoms with E-state index in [0.29, 0.717) is 19.8 Å². The second-order valence-electron chi connectivity index (χ2n) is 3.69. The van der Waals surface area contributed by atoms with Gasteiger partial charge in [-0.25, -0.2) is 0 Å². The zero-order valence-electron chi connectivity index (χ0n) is 10.3. The molecule has 1 atom stereocenters. The lowest BCUT2D eigenvalue weighted by atomic mass is 10.1. The third-order valence-electron chi connectivity index (χ3n) is 2.22. The van der Waals surface area contributed by atoms with Gasteiger partial charge in [0.15, 0.2) is 0 Å². The lowest BCUT2D eigenvalue weighted by Gasteiger charge is -2.16. The lowest BCUT2D eigenvalue weighted by molar-refractivity contribution is -0.126. The van der Waals surface area contributed by atoms with Crippen LogP contribution in [0.2, 0.25) is 0 Å². The van der Waals surface area contributed by atoms with Gasteiger partial charge in [-0.3, -0.25) is 4.79 Å². The molecule has 0 spiro atoms. The molecule has 1 amide bonds. The smallest absolute Gasteiger partial charge is 0.246 e. The Hall–Kier alpha value is -0.650. The maximum Gasteiger partial charge on any atom is 0.246 e. The molecule has 5 nitrogen and oxygen atoms in total. The molecule has 3 N–H and O–H groups in total. The predicted octanol–water partition coefficient (Wildman–Crippen LogP) is 0.283. The van der Waals surface area contributed by atoms with Gasteiger partial charge in [0.1, 0.15) is 6.61 Å². The highest BCUT2D eigenvalue weighted by Gasteiger charge is 2.09. The summed E-state index contributed by atoms with van der Waals surface area (Å²) >= 11 is 0. The van der Waals surface area contributed by atoms with Crippen LogP contribution in [0.1, 0.15) is 26.2 Å². The summed E-state index contributed by atoms with van der Waals surface area (Å²) in [7, 11) is 1.60. The number of carbonyl (C=O) groups is 1. The van der Waals surface area contributed by atoms with Crippen molar-refractivity contribution < 1.29 is 14.3 Å². The topological polar surface area (TPSA) is 73.6 Å². The summed E-state index contributed by atoms with van der Waals surface area (Å²) < 4.78 is 9.91. The average Bonchev–Trinajstić information content (AvgIpc) is 2.30. The summed E-state index contributed by atoms with van der Waals surface area (Å²) in [4.78, 5) is 11.4. The highest BCUT2D eigenvalue weighted by Crippen LogP contribution is 1.98. The fourth-order valence-corrected chi connectivity index (χ4v) is 1.28. The molecule has 0 aromatic rings. The maximum atomic E-state index is 11.4. The molecule has 16 heavy (non-hydrogen) atoms. The Labute approximate surface area is 97.7 Å². The Kier molecular flexibility index (Phi) is 10.4. The maximum absolute atomic E-state index is 11.4. The quantitative estimate of drug-likeness (QED) is 0.531. The summed E-state index contributed by atoms with van der Waals surface area (Å²) in [5.74, 6) is -0.109. The van der Waals surface area contributed by atoms with Crippen LogP contribution in [0, 0.1) is 0 Å². The van der Waals surface area contributed by atoms with Crippen LogP contribution in [0.4, 0.5) is 0 Å². The van der Waals surface area contributed by atoms with Crippen molar-refractivity contribution in [3.8, 4) is 0 Å². The van der Waals surface area contributed by atoms with Crippen LogP contribution in [-0.4, -0.2) is 45.4 Å². The first-order chi connectivity index (χ1) is 7.74. The van der Waals surface area contributed by atoms with Gasteiger partial charge in [-0.15, -0.1) is 0 Å². The van der Waals surface area contributed by atoms with Crippen molar-refractivity contribution in [2.45, 2.75) is 32.2 Å². The highest BCUT2D eigenvalue weighted by molar-refractivity contribution is 5.77. The molecule has 0 rings (SSSR count). The van der Waals surface area contributed by atoms with Gasteiger partial charge in [-0.1, -0.05) is 19.8 Å². The second kappa shape index (κ2) is 10.9. The van der Waals surface area contributed by atoms with E-state index in [1.54, 1.807) is 7.11 Å². The van der Waals surface area contributed by atoms with Crippen molar-refractivity contribution in [3.05, 3.63) is 0 Å². The normalized spacial score (nSPS) is 12.4. The summed E-state index contributed by atoms with van der Waals surface area (Å²) in [6.45, 7) is 3.61. The van der Waals surface area contributed by atoms with Gasteiger partial charge in [0.2, 0.25) is 5.91 Å². The van der Waals surface area contributed by atoms with Crippen molar-refractivity contribution in [1.82, 2.24) is 5.32 Å². The fraction of sp³-hybridized carbons (Fsp3) is 0.909.